The van der Waals surface area contributed by atoms with E-state index in [2.05, 4.69) is 10.5 Å². The van der Waals surface area contributed by atoms with Crippen LogP contribution in [0.3, 0.4) is 0 Å². The van der Waals surface area contributed by atoms with Crippen molar-refractivity contribution < 1.29 is 22.1 Å². The van der Waals surface area contributed by atoms with Crippen LogP contribution >= 0.6 is 0 Å². The van der Waals surface area contributed by atoms with Crippen molar-refractivity contribution in [2.45, 2.75) is 38.3 Å². The van der Waals surface area contributed by atoms with Crippen LogP contribution in [0.15, 0.2) is 33.7 Å². The molecule has 0 aliphatic carbocycles. The number of benzene rings is 1. The molecule has 1 aromatic carbocycles. The van der Waals surface area contributed by atoms with Crippen LogP contribution in [-0.4, -0.2) is 60.9 Å². The largest absolute Gasteiger partial charge is 0.360 e. The number of piperazine rings is 1. The van der Waals surface area contributed by atoms with Gasteiger partial charge in [-0.25, -0.2) is 12.8 Å². The van der Waals surface area contributed by atoms with E-state index < -0.39 is 16.1 Å². The molecule has 0 radical (unpaired) electrons. The number of sulfonamides is 1. The predicted molar refractivity (Wildman–Crippen MR) is 104 cm³/mol. The first kappa shape index (κ1) is 21.4. The van der Waals surface area contributed by atoms with Gasteiger partial charge in [-0.2, -0.15) is 4.31 Å². The average Bonchev–Trinajstić information content (AvgIpc) is 3.05. The van der Waals surface area contributed by atoms with Gasteiger partial charge in [0.05, 0.1) is 6.04 Å². The van der Waals surface area contributed by atoms with Gasteiger partial charge in [-0.3, -0.25) is 9.69 Å². The molecular weight excluding hydrogens is 399 g/mol. The maximum Gasteiger partial charge on any atom is 0.248 e. The lowest BCUT2D eigenvalue weighted by atomic mass is 10.2. The van der Waals surface area contributed by atoms with Crippen LogP contribution in [0.5, 0.6) is 0 Å². The second-order valence-corrected chi connectivity index (χ2v) is 8.95. The summed E-state index contributed by atoms with van der Waals surface area (Å²) in [5.41, 5.74) is 0.759. The topological polar surface area (TPSA) is 95.8 Å². The number of amides is 1. The second-order valence-electron chi connectivity index (χ2n) is 7.08. The van der Waals surface area contributed by atoms with Crippen molar-refractivity contribution in [1.82, 2.24) is 19.7 Å². The van der Waals surface area contributed by atoms with E-state index in [4.69, 9.17) is 4.52 Å². The highest BCUT2D eigenvalue weighted by Crippen LogP contribution is 2.24. The van der Waals surface area contributed by atoms with Crippen molar-refractivity contribution >= 4 is 15.9 Å². The van der Waals surface area contributed by atoms with Crippen LogP contribution in [0.4, 0.5) is 4.39 Å². The molecule has 1 atom stereocenters. The van der Waals surface area contributed by atoms with Crippen molar-refractivity contribution in [3.8, 4) is 0 Å². The molecule has 2 aromatic rings. The highest BCUT2D eigenvalue weighted by Gasteiger charge is 2.35. The van der Waals surface area contributed by atoms with Crippen molar-refractivity contribution in [2.75, 3.05) is 26.2 Å². The normalized spacial score (nSPS) is 17.2. The Morgan fingerprint density at radius 1 is 1.24 bits per heavy atom. The number of rotatable bonds is 6. The lowest BCUT2D eigenvalue weighted by molar-refractivity contribution is -0.126. The minimum absolute atomic E-state index is 0.107. The van der Waals surface area contributed by atoms with E-state index in [9.17, 15) is 17.6 Å². The van der Waals surface area contributed by atoms with E-state index in [0.29, 0.717) is 24.3 Å². The molecule has 0 spiro atoms. The Balaban J connectivity index is 1.57. The molecule has 1 unspecified atom stereocenters. The Bertz CT molecular complexity index is 964. The smallest absolute Gasteiger partial charge is 0.248 e. The standard InChI is InChI=1S/C19H25FN4O4S/c1-13-18(15(3)28-22-13)29(26,27)24-10-8-23(9-11-24)14(2)19(25)21-12-16-6-4-5-7-17(16)20/h4-7,14H,8-12H2,1-3H3,(H,21,25). The van der Waals surface area contributed by atoms with Gasteiger partial charge in [0, 0.05) is 38.3 Å². The van der Waals surface area contributed by atoms with E-state index in [1.807, 2.05) is 4.90 Å². The zero-order valence-corrected chi connectivity index (χ0v) is 17.5. The van der Waals surface area contributed by atoms with Crippen molar-refractivity contribution in [3.63, 3.8) is 0 Å². The van der Waals surface area contributed by atoms with E-state index in [1.54, 1.807) is 39.0 Å². The Labute approximate surface area is 169 Å². The Morgan fingerprint density at radius 3 is 2.48 bits per heavy atom. The molecule has 1 fully saturated rings. The first-order valence-electron chi connectivity index (χ1n) is 9.40. The van der Waals surface area contributed by atoms with Gasteiger partial charge in [0.25, 0.3) is 0 Å². The van der Waals surface area contributed by atoms with Gasteiger partial charge in [-0.1, -0.05) is 23.4 Å². The minimum Gasteiger partial charge on any atom is -0.360 e. The Kier molecular flexibility index (Phi) is 6.35. The fourth-order valence-corrected chi connectivity index (χ4v) is 5.15. The van der Waals surface area contributed by atoms with Gasteiger partial charge in [0.2, 0.25) is 15.9 Å². The third kappa shape index (κ3) is 4.49. The Morgan fingerprint density at radius 2 is 1.90 bits per heavy atom. The molecule has 1 amide bonds. The van der Waals surface area contributed by atoms with Crippen LogP contribution in [0, 0.1) is 19.7 Å². The molecule has 1 saturated heterocycles. The van der Waals surface area contributed by atoms with Gasteiger partial charge >= 0.3 is 0 Å². The number of halogens is 1. The molecule has 158 valence electrons. The lowest BCUT2D eigenvalue weighted by Gasteiger charge is -2.36. The van der Waals surface area contributed by atoms with E-state index in [0.717, 1.165) is 0 Å². The molecule has 1 aliphatic rings. The quantitative estimate of drug-likeness (QED) is 0.754. The van der Waals surface area contributed by atoms with Gasteiger partial charge in [0.15, 0.2) is 5.76 Å². The minimum atomic E-state index is -3.69. The van der Waals surface area contributed by atoms with Crippen LogP contribution in [0.2, 0.25) is 0 Å². The summed E-state index contributed by atoms with van der Waals surface area (Å²) in [7, 11) is -3.69. The molecular formula is C19H25FN4O4S. The second kappa shape index (κ2) is 8.60. The number of carbonyl (C=O) groups excluding carboxylic acids is 1. The fraction of sp³-hybridized carbons (Fsp3) is 0.474. The maximum atomic E-state index is 13.7. The first-order chi connectivity index (χ1) is 13.7. The number of carbonyl (C=O) groups is 1. The number of nitrogens with zero attached hydrogens (tertiary/aromatic N) is 3. The van der Waals surface area contributed by atoms with E-state index in [-0.39, 0.29) is 42.0 Å². The van der Waals surface area contributed by atoms with Gasteiger partial charge < -0.3 is 9.84 Å². The van der Waals surface area contributed by atoms with Crippen molar-refractivity contribution in [2.24, 2.45) is 0 Å². The lowest BCUT2D eigenvalue weighted by Crippen LogP contribution is -2.54. The third-order valence-corrected chi connectivity index (χ3v) is 7.32. The van der Waals surface area contributed by atoms with Crippen molar-refractivity contribution in [3.05, 3.63) is 47.1 Å². The summed E-state index contributed by atoms with van der Waals surface area (Å²) in [6.07, 6.45) is 0. The van der Waals surface area contributed by atoms with Gasteiger partial charge in [0.1, 0.15) is 16.4 Å². The van der Waals surface area contributed by atoms with Crippen molar-refractivity contribution in [1.29, 1.82) is 0 Å². The number of hydrogen-bond donors (Lipinski definition) is 1. The molecule has 1 N–H and O–H groups in total. The SMILES string of the molecule is Cc1noc(C)c1S(=O)(=O)N1CCN(C(C)C(=O)NCc2ccccc2F)CC1. The summed E-state index contributed by atoms with van der Waals surface area (Å²) < 4.78 is 45.8. The summed E-state index contributed by atoms with van der Waals surface area (Å²) >= 11 is 0. The Hall–Kier alpha value is -2.30. The molecule has 3 rings (SSSR count). The molecule has 1 aliphatic heterocycles. The summed E-state index contributed by atoms with van der Waals surface area (Å²) in [6.45, 7) is 6.39. The highest BCUT2D eigenvalue weighted by atomic mass is 32.2. The zero-order chi connectivity index (χ0) is 21.2. The molecule has 0 saturated carbocycles. The number of hydrogen-bond acceptors (Lipinski definition) is 6. The number of aromatic nitrogens is 1. The summed E-state index contributed by atoms with van der Waals surface area (Å²) in [4.78, 5) is 14.5. The monoisotopic (exact) mass is 424 g/mol. The van der Waals surface area contributed by atoms with E-state index in [1.165, 1.54) is 10.4 Å². The summed E-state index contributed by atoms with van der Waals surface area (Å²) in [5.74, 6) is -0.320. The molecule has 2 heterocycles. The number of nitrogens with one attached hydrogen (secondary N) is 1. The number of aryl methyl sites for hydroxylation is 2. The predicted octanol–water partition coefficient (Wildman–Crippen LogP) is 1.44. The fourth-order valence-electron chi connectivity index (χ4n) is 3.44. The molecule has 0 bridgehead atoms. The van der Waals surface area contributed by atoms with Gasteiger partial charge in [-0.15, -0.1) is 0 Å². The maximum absolute atomic E-state index is 13.7. The van der Waals surface area contributed by atoms with Crippen LogP contribution < -0.4 is 5.32 Å². The van der Waals surface area contributed by atoms with Crippen LogP contribution in [0.1, 0.15) is 23.9 Å². The van der Waals surface area contributed by atoms with Crippen LogP contribution in [0.25, 0.3) is 0 Å². The van der Waals surface area contributed by atoms with Gasteiger partial charge in [-0.05, 0) is 26.8 Å². The molecule has 29 heavy (non-hydrogen) atoms. The first-order valence-corrected chi connectivity index (χ1v) is 10.8. The third-order valence-electron chi connectivity index (χ3n) is 5.18. The molecule has 1 aromatic heterocycles. The summed E-state index contributed by atoms with van der Waals surface area (Å²) in [5, 5.41) is 6.47. The molecule has 8 nitrogen and oxygen atoms in total. The zero-order valence-electron chi connectivity index (χ0n) is 16.7. The average molecular weight is 424 g/mol. The molecule has 10 heteroatoms. The van der Waals surface area contributed by atoms with E-state index >= 15 is 0 Å². The van der Waals surface area contributed by atoms with Crippen LogP contribution in [-0.2, 0) is 21.4 Å². The summed E-state index contributed by atoms with van der Waals surface area (Å²) in [6, 6.07) is 5.83. The highest BCUT2D eigenvalue weighted by molar-refractivity contribution is 7.89.